The highest BCUT2D eigenvalue weighted by Crippen LogP contribution is 2.22. The highest BCUT2D eigenvalue weighted by molar-refractivity contribution is 7.95. The van der Waals surface area contributed by atoms with E-state index in [4.69, 9.17) is 17.3 Å². The van der Waals surface area contributed by atoms with Gasteiger partial charge in [0.2, 0.25) is 0 Å². The summed E-state index contributed by atoms with van der Waals surface area (Å²) in [5, 5.41) is 1.71. The van der Waals surface area contributed by atoms with Gasteiger partial charge in [0, 0.05) is 10.7 Å². The standard InChI is InChI=1S/C15H15ClN2O2S/c1-11-14(17)3-2-4-15(11)18-21(19,20)10-9-12-5-7-13(16)8-6-12/h2-10,18H,17H2,1H3/b10-9+. The molecule has 0 fully saturated rings. The lowest BCUT2D eigenvalue weighted by atomic mass is 10.2. The van der Waals surface area contributed by atoms with Crippen molar-refractivity contribution in [3.05, 3.63) is 64.0 Å². The predicted molar refractivity (Wildman–Crippen MR) is 88.6 cm³/mol. The first kappa shape index (κ1) is 15.4. The molecular formula is C15H15ClN2O2S. The normalized spacial score (nSPS) is 11.7. The maximum absolute atomic E-state index is 12.0. The van der Waals surface area contributed by atoms with Crippen LogP contribution >= 0.6 is 11.6 Å². The fourth-order valence-electron chi connectivity index (χ4n) is 1.69. The number of benzene rings is 2. The van der Waals surface area contributed by atoms with Gasteiger partial charge in [-0.2, -0.15) is 0 Å². The zero-order chi connectivity index (χ0) is 15.5. The van der Waals surface area contributed by atoms with Crippen molar-refractivity contribution in [2.75, 3.05) is 10.5 Å². The number of hydrogen-bond acceptors (Lipinski definition) is 3. The van der Waals surface area contributed by atoms with Gasteiger partial charge in [-0.1, -0.05) is 29.8 Å². The molecule has 21 heavy (non-hydrogen) atoms. The van der Waals surface area contributed by atoms with Gasteiger partial charge in [-0.25, -0.2) is 8.42 Å². The number of rotatable bonds is 4. The Morgan fingerprint density at radius 2 is 1.81 bits per heavy atom. The molecule has 0 radical (unpaired) electrons. The number of anilines is 2. The first-order valence-corrected chi connectivity index (χ1v) is 8.11. The molecule has 2 aromatic carbocycles. The van der Waals surface area contributed by atoms with Crippen LogP contribution in [0.4, 0.5) is 11.4 Å². The summed E-state index contributed by atoms with van der Waals surface area (Å²) in [6.07, 6.45) is 1.50. The molecule has 6 heteroatoms. The predicted octanol–water partition coefficient (Wildman–Crippen LogP) is 3.64. The van der Waals surface area contributed by atoms with E-state index in [1.54, 1.807) is 49.4 Å². The van der Waals surface area contributed by atoms with Gasteiger partial charge in [0.1, 0.15) is 0 Å². The van der Waals surface area contributed by atoms with Gasteiger partial charge >= 0.3 is 0 Å². The van der Waals surface area contributed by atoms with Crippen LogP contribution in [0.5, 0.6) is 0 Å². The smallest absolute Gasteiger partial charge is 0.255 e. The summed E-state index contributed by atoms with van der Waals surface area (Å²) in [7, 11) is -3.60. The fourth-order valence-corrected chi connectivity index (χ4v) is 2.75. The molecule has 2 rings (SSSR count). The Kier molecular flexibility index (Phi) is 4.55. The van der Waals surface area contributed by atoms with E-state index in [1.807, 2.05) is 0 Å². The molecule has 0 aliphatic carbocycles. The second-order valence-corrected chi connectivity index (χ2v) is 6.52. The van der Waals surface area contributed by atoms with Crippen molar-refractivity contribution in [1.29, 1.82) is 0 Å². The molecule has 0 bridgehead atoms. The summed E-state index contributed by atoms with van der Waals surface area (Å²) in [6.45, 7) is 1.76. The zero-order valence-electron chi connectivity index (χ0n) is 11.4. The van der Waals surface area contributed by atoms with E-state index >= 15 is 0 Å². The molecular weight excluding hydrogens is 308 g/mol. The highest BCUT2D eigenvalue weighted by Gasteiger charge is 2.08. The first-order chi connectivity index (χ1) is 9.87. The largest absolute Gasteiger partial charge is 0.398 e. The minimum atomic E-state index is -3.60. The van der Waals surface area contributed by atoms with Gasteiger partial charge in [0.05, 0.1) is 11.1 Å². The van der Waals surface area contributed by atoms with Crippen molar-refractivity contribution >= 4 is 39.1 Å². The molecule has 0 aliphatic rings. The average Bonchev–Trinajstić information content (AvgIpc) is 2.43. The van der Waals surface area contributed by atoms with E-state index in [0.717, 1.165) is 11.0 Å². The van der Waals surface area contributed by atoms with Crippen LogP contribution in [-0.4, -0.2) is 8.42 Å². The van der Waals surface area contributed by atoms with Gasteiger partial charge < -0.3 is 5.73 Å². The lowest BCUT2D eigenvalue weighted by Crippen LogP contribution is -2.10. The quantitative estimate of drug-likeness (QED) is 0.844. The molecule has 4 nitrogen and oxygen atoms in total. The van der Waals surface area contributed by atoms with Crippen LogP contribution in [0.25, 0.3) is 6.08 Å². The van der Waals surface area contributed by atoms with Gasteiger partial charge in [-0.3, -0.25) is 4.72 Å². The summed E-state index contributed by atoms with van der Waals surface area (Å²) >= 11 is 5.77. The Labute approximate surface area is 129 Å². The number of halogens is 1. The molecule has 110 valence electrons. The minimum Gasteiger partial charge on any atom is -0.398 e. The van der Waals surface area contributed by atoms with Gasteiger partial charge in [0.25, 0.3) is 10.0 Å². The summed E-state index contributed by atoms with van der Waals surface area (Å²) in [6, 6.07) is 12.0. The van der Waals surface area contributed by atoms with Gasteiger partial charge in [0.15, 0.2) is 0 Å². The van der Waals surface area contributed by atoms with Crippen LogP contribution in [0.3, 0.4) is 0 Å². The lowest BCUT2D eigenvalue weighted by Gasteiger charge is -2.09. The Morgan fingerprint density at radius 1 is 1.14 bits per heavy atom. The van der Waals surface area contributed by atoms with E-state index in [1.165, 1.54) is 6.08 Å². The number of nitrogens with two attached hydrogens (primary N) is 1. The maximum atomic E-state index is 12.0. The minimum absolute atomic E-state index is 0.468. The second-order valence-electron chi connectivity index (χ2n) is 4.52. The monoisotopic (exact) mass is 322 g/mol. The number of hydrogen-bond donors (Lipinski definition) is 2. The third kappa shape index (κ3) is 4.24. The highest BCUT2D eigenvalue weighted by atomic mass is 35.5. The Balaban J connectivity index is 2.19. The Morgan fingerprint density at radius 3 is 2.48 bits per heavy atom. The van der Waals surface area contributed by atoms with E-state index in [2.05, 4.69) is 4.72 Å². The molecule has 0 unspecified atom stereocenters. The Bertz CT molecular complexity index is 769. The number of nitrogen functional groups attached to an aromatic ring is 1. The van der Waals surface area contributed by atoms with E-state index in [9.17, 15) is 8.42 Å². The molecule has 0 heterocycles. The SMILES string of the molecule is Cc1c(N)cccc1NS(=O)(=O)/C=C/c1ccc(Cl)cc1. The number of nitrogens with one attached hydrogen (secondary N) is 1. The zero-order valence-corrected chi connectivity index (χ0v) is 12.9. The summed E-state index contributed by atoms with van der Waals surface area (Å²) in [4.78, 5) is 0. The summed E-state index contributed by atoms with van der Waals surface area (Å²) < 4.78 is 26.6. The first-order valence-electron chi connectivity index (χ1n) is 6.19. The van der Waals surface area contributed by atoms with Crippen LogP contribution in [-0.2, 0) is 10.0 Å². The topological polar surface area (TPSA) is 72.2 Å². The van der Waals surface area contributed by atoms with Crippen molar-refractivity contribution in [2.45, 2.75) is 6.92 Å². The molecule has 0 amide bonds. The van der Waals surface area contributed by atoms with E-state index < -0.39 is 10.0 Å². The van der Waals surface area contributed by atoms with Crippen LogP contribution in [0.15, 0.2) is 47.9 Å². The molecule has 0 saturated heterocycles. The van der Waals surface area contributed by atoms with Crippen molar-refractivity contribution in [3.8, 4) is 0 Å². The molecule has 0 saturated carbocycles. The third-order valence-electron chi connectivity index (χ3n) is 2.94. The maximum Gasteiger partial charge on any atom is 0.255 e. The average molecular weight is 323 g/mol. The lowest BCUT2D eigenvalue weighted by molar-refractivity contribution is 0.609. The molecule has 3 N–H and O–H groups in total. The second kappa shape index (κ2) is 6.20. The molecule has 0 atom stereocenters. The molecule has 0 aliphatic heterocycles. The number of sulfonamides is 1. The summed E-state index contributed by atoms with van der Waals surface area (Å²) in [5.74, 6) is 0. The van der Waals surface area contributed by atoms with Crippen molar-refractivity contribution in [1.82, 2.24) is 0 Å². The van der Waals surface area contributed by atoms with Crippen molar-refractivity contribution in [3.63, 3.8) is 0 Å². The van der Waals surface area contributed by atoms with Gasteiger partial charge in [-0.15, -0.1) is 0 Å². The van der Waals surface area contributed by atoms with E-state index in [-0.39, 0.29) is 0 Å². The molecule has 2 aromatic rings. The van der Waals surface area contributed by atoms with Crippen LogP contribution < -0.4 is 10.5 Å². The molecule has 0 spiro atoms. The summed E-state index contributed by atoms with van der Waals surface area (Å²) in [5.41, 5.74) is 8.20. The van der Waals surface area contributed by atoms with Crippen LogP contribution in [0, 0.1) is 6.92 Å². The van der Waals surface area contributed by atoms with Gasteiger partial charge in [-0.05, 0) is 48.4 Å². The molecule has 0 aromatic heterocycles. The van der Waals surface area contributed by atoms with Crippen molar-refractivity contribution in [2.24, 2.45) is 0 Å². The van der Waals surface area contributed by atoms with Crippen molar-refractivity contribution < 1.29 is 8.42 Å². The fraction of sp³-hybridized carbons (Fsp3) is 0.0667. The van der Waals surface area contributed by atoms with E-state index in [0.29, 0.717) is 22.0 Å². The van der Waals surface area contributed by atoms with Crippen LogP contribution in [0.2, 0.25) is 5.02 Å². The Hall–Kier alpha value is -1.98. The third-order valence-corrected chi connectivity index (χ3v) is 4.19. The van der Waals surface area contributed by atoms with Crippen LogP contribution in [0.1, 0.15) is 11.1 Å².